The summed E-state index contributed by atoms with van der Waals surface area (Å²) >= 11 is 5.91. The molecule has 1 N–H and O–H groups in total. The zero-order valence-corrected chi connectivity index (χ0v) is 11.8. The molecule has 0 radical (unpaired) electrons. The summed E-state index contributed by atoms with van der Waals surface area (Å²) in [5.41, 5.74) is 1.16. The van der Waals surface area contributed by atoms with Crippen LogP contribution in [0.1, 0.15) is 18.5 Å². The number of fused-ring (bicyclic) bond motifs is 1. The van der Waals surface area contributed by atoms with Crippen molar-refractivity contribution in [3.63, 3.8) is 0 Å². The van der Waals surface area contributed by atoms with Crippen molar-refractivity contribution in [3.8, 4) is 0 Å². The Labute approximate surface area is 122 Å². The second-order valence-corrected chi connectivity index (χ2v) is 5.13. The van der Waals surface area contributed by atoms with E-state index in [2.05, 4.69) is 22.4 Å². The molecular weight excluding hydrogens is 270 g/mol. The van der Waals surface area contributed by atoms with E-state index in [0.29, 0.717) is 0 Å². The number of aromatic nitrogens is 2. The van der Waals surface area contributed by atoms with E-state index in [9.17, 15) is 0 Å². The number of hydrogen-bond donors (Lipinski definition) is 1. The van der Waals surface area contributed by atoms with Crippen LogP contribution in [0.2, 0.25) is 5.02 Å². The molecule has 0 aliphatic rings. The average molecular weight is 284 g/mol. The van der Waals surface area contributed by atoms with Crippen LogP contribution < -0.4 is 5.32 Å². The molecule has 4 heteroatoms. The van der Waals surface area contributed by atoms with E-state index in [-0.39, 0.29) is 6.04 Å². The van der Waals surface area contributed by atoms with Crippen molar-refractivity contribution < 1.29 is 0 Å². The smallest absolute Gasteiger partial charge is 0.157 e. The lowest BCUT2D eigenvalue weighted by molar-refractivity contribution is 0.865. The average Bonchev–Trinajstić information content (AvgIpc) is 2.48. The Hall–Kier alpha value is -2.13. The van der Waals surface area contributed by atoms with Crippen LogP contribution in [0.25, 0.3) is 10.8 Å². The van der Waals surface area contributed by atoms with Crippen molar-refractivity contribution in [2.24, 2.45) is 0 Å². The molecule has 0 amide bonds. The highest BCUT2D eigenvalue weighted by atomic mass is 35.5. The fourth-order valence-electron chi connectivity index (χ4n) is 2.17. The highest BCUT2D eigenvalue weighted by molar-refractivity contribution is 6.30. The summed E-state index contributed by atoms with van der Waals surface area (Å²) in [6, 6.07) is 16.0. The molecule has 1 aromatic heterocycles. The largest absolute Gasteiger partial charge is 0.362 e. The molecule has 0 fully saturated rings. The summed E-state index contributed by atoms with van der Waals surface area (Å²) in [5.74, 6) is 0.797. The van der Waals surface area contributed by atoms with Gasteiger partial charge in [0.25, 0.3) is 0 Å². The highest BCUT2D eigenvalue weighted by Gasteiger charge is 2.09. The van der Waals surface area contributed by atoms with Gasteiger partial charge in [0.05, 0.1) is 12.2 Å². The molecule has 20 heavy (non-hydrogen) atoms. The van der Waals surface area contributed by atoms with Crippen molar-refractivity contribution in [1.29, 1.82) is 0 Å². The molecule has 3 nitrogen and oxygen atoms in total. The van der Waals surface area contributed by atoms with Gasteiger partial charge >= 0.3 is 0 Å². The van der Waals surface area contributed by atoms with Crippen LogP contribution >= 0.6 is 11.6 Å². The first-order chi connectivity index (χ1) is 9.74. The summed E-state index contributed by atoms with van der Waals surface area (Å²) in [5, 5.41) is 14.5. The van der Waals surface area contributed by atoms with Gasteiger partial charge in [-0.3, -0.25) is 0 Å². The van der Waals surface area contributed by atoms with Gasteiger partial charge in [0.2, 0.25) is 0 Å². The molecule has 1 unspecified atom stereocenters. The molecule has 1 heterocycles. The minimum absolute atomic E-state index is 0.132. The van der Waals surface area contributed by atoms with Crippen LogP contribution in [0.4, 0.5) is 5.82 Å². The van der Waals surface area contributed by atoms with Crippen LogP contribution in [0.3, 0.4) is 0 Å². The maximum atomic E-state index is 5.91. The number of nitrogens with zero attached hydrogens (tertiary/aromatic N) is 2. The van der Waals surface area contributed by atoms with Gasteiger partial charge in [0.15, 0.2) is 5.82 Å². The number of rotatable bonds is 3. The summed E-state index contributed by atoms with van der Waals surface area (Å²) in [7, 11) is 0. The molecule has 3 rings (SSSR count). The van der Waals surface area contributed by atoms with E-state index in [4.69, 9.17) is 11.6 Å². The van der Waals surface area contributed by atoms with Gasteiger partial charge in [0, 0.05) is 15.8 Å². The van der Waals surface area contributed by atoms with E-state index < -0.39 is 0 Å². The number of nitrogens with one attached hydrogen (secondary N) is 1. The van der Waals surface area contributed by atoms with Crippen LogP contribution in [0.5, 0.6) is 0 Å². The molecule has 3 aromatic rings. The maximum absolute atomic E-state index is 5.91. The van der Waals surface area contributed by atoms with Gasteiger partial charge in [-0.05, 0) is 24.6 Å². The summed E-state index contributed by atoms with van der Waals surface area (Å²) in [4.78, 5) is 0. The third-order valence-corrected chi connectivity index (χ3v) is 3.55. The molecule has 1 atom stereocenters. The predicted molar refractivity (Wildman–Crippen MR) is 83.0 cm³/mol. The van der Waals surface area contributed by atoms with E-state index >= 15 is 0 Å². The van der Waals surface area contributed by atoms with Gasteiger partial charge in [-0.15, -0.1) is 5.10 Å². The number of anilines is 1. The minimum Gasteiger partial charge on any atom is -0.362 e. The van der Waals surface area contributed by atoms with E-state index in [1.807, 2.05) is 48.5 Å². The monoisotopic (exact) mass is 283 g/mol. The van der Waals surface area contributed by atoms with Gasteiger partial charge in [0.1, 0.15) is 0 Å². The quantitative estimate of drug-likeness (QED) is 0.771. The standard InChI is InChI=1S/C16H14ClN3/c1-11(12-6-8-14(17)9-7-12)19-16-15-5-3-2-4-13(15)10-18-20-16/h2-11H,1H3,(H,19,20). The van der Waals surface area contributed by atoms with Crippen molar-refractivity contribution in [2.75, 3.05) is 5.32 Å². The summed E-state index contributed by atoms with van der Waals surface area (Å²) in [6.45, 7) is 2.09. The molecule has 0 saturated carbocycles. The van der Waals surface area contributed by atoms with Crippen molar-refractivity contribution in [1.82, 2.24) is 10.2 Å². The zero-order chi connectivity index (χ0) is 13.9. The first kappa shape index (κ1) is 12.9. The number of benzene rings is 2. The van der Waals surface area contributed by atoms with Crippen molar-refractivity contribution in [2.45, 2.75) is 13.0 Å². The number of halogens is 1. The van der Waals surface area contributed by atoms with Gasteiger partial charge in [-0.2, -0.15) is 5.10 Å². The Kier molecular flexibility index (Phi) is 3.52. The lowest BCUT2D eigenvalue weighted by atomic mass is 10.1. The molecule has 100 valence electrons. The molecule has 0 bridgehead atoms. The molecule has 2 aromatic carbocycles. The number of hydrogen-bond acceptors (Lipinski definition) is 3. The van der Waals surface area contributed by atoms with Gasteiger partial charge < -0.3 is 5.32 Å². The second kappa shape index (κ2) is 5.47. The Morgan fingerprint density at radius 1 is 1.05 bits per heavy atom. The first-order valence-electron chi connectivity index (χ1n) is 6.46. The molecular formula is C16H14ClN3. The van der Waals surface area contributed by atoms with Crippen molar-refractivity contribution in [3.05, 3.63) is 65.3 Å². The summed E-state index contributed by atoms with van der Waals surface area (Å²) in [6.07, 6.45) is 1.77. The Balaban J connectivity index is 1.91. The van der Waals surface area contributed by atoms with E-state index in [0.717, 1.165) is 27.2 Å². The maximum Gasteiger partial charge on any atom is 0.157 e. The Bertz CT molecular complexity index is 720. The normalized spacial score (nSPS) is 12.3. The van der Waals surface area contributed by atoms with Gasteiger partial charge in [-0.25, -0.2) is 0 Å². The Morgan fingerprint density at radius 2 is 1.80 bits per heavy atom. The third kappa shape index (κ3) is 2.58. The van der Waals surface area contributed by atoms with Crippen LogP contribution in [-0.4, -0.2) is 10.2 Å². The molecule has 0 spiro atoms. The highest BCUT2D eigenvalue weighted by Crippen LogP contribution is 2.24. The topological polar surface area (TPSA) is 37.8 Å². The summed E-state index contributed by atoms with van der Waals surface area (Å²) < 4.78 is 0. The fraction of sp³-hybridized carbons (Fsp3) is 0.125. The zero-order valence-electron chi connectivity index (χ0n) is 11.0. The lowest BCUT2D eigenvalue weighted by Gasteiger charge is -2.15. The Morgan fingerprint density at radius 3 is 2.60 bits per heavy atom. The van der Waals surface area contributed by atoms with E-state index in [1.165, 1.54) is 0 Å². The van der Waals surface area contributed by atoms with Crippen molar-refractivity contribution >= 4 is 28.2 Å². The predicted octanol–water partition coefficient (Wildman–Crippen LogP) is 4.46. The van der Waals surface area contributed by atoms with E-state index in [1.54, 1.807) is 6.20 Å². The van der Waals surface area contributed by atoms with Crippen LogP contribution in [-0.2, 0) is 0 Å². The first-order valence-corrected chi connectivity index (χ1v) is 6.84. The molecule has 0 aliphatic carbocycles. The van der Waals surface area contributed by atoms with Crippen LogP contribution in [0.15, 0.2) is 54.7 Å². The minimum atomic E-state index is 0.132. The molecule has 0 saturated heterocycles. The molecule has 0 aliphatic heterocycles. The second-order valence-electron chi connectivity index (χ2n) is 4.70. The van der Waals surface area contributed by atoms with Gasteiger partial charge in [-0.1, -0.05) is 48.0 Å². The fourth-order valence-corrected chi connectivity index (χ4v) is 2.30. The lowest BCUT2D eigenvalue weighted by Crippen LogP contribution is -2.08. The third-order valence-electron chi connectivity index (χ3n) is 3.29. The SMILES string of the molecule is CC(Nc1nncc2ccccc12)c1ccc(Cl)cc1. The van der Waals surface area contributed by atoms with Crippen LogP contribution in [0, 0.1) is 0 Å².